The lowest BCUT2D eigenvalue weighted by atomic mass is 10.1. The molecule has 4 rings (SSSR count). The van der Waals surface area contributed by atoms with E-state index in [1.807, 2.05) is 35.1 Å². The molecule has 3 heterocycles. The predicted octanol–water partition coefficient (Wildman–Crippen LogP) is 3.15. The minimum absolute atomic E-state index is 0.0539. The van der Waals surface area contributed by atoms with E-state index < -0.39 is 10.0 Å². The SMILES string of the molecule is CSCCC(NC(=O)c1ccc(S(=O)(=O)Nc2ccncc2)cc1)c1nnc2ccccn12. The van der Waals surface area contributed by atoms with Crippen molar-refractivity contribution < 1.29 is 13.2 Å². The van der Waals surface area contributed by atoms with Crippen LogP contribution in [0.25, 0.3) is 5.65 Å². The van der Waals surface area contributed by atoms with Gasteiger partial charge in [0.2, 0.25) is 0 Å². The van der Waals surface area contributed by atoms with Crippen LogP contribution in [0.5, 0.6) is 0 Å². The van der Waals surface area contributed by atoms with Gasteiger partial charge in [0.1, 0.15) is 0 Å². The molecule has 0 saturated carbocycles. The Kier molecular flexibility index (Phi) is 6.90. The summed E-state index contributed by atoms with van der Waals surface area (Å²) in [6.07, 6.45) is 7.53. The molecule has 11 heteroatoms. The zero-order chi connectivity index (χ0) is 23.3. The molecule has 1 unspecified atom stereocenters. The molecule has 0 bridgehead atoms. The number of benzene rings is 1. The third-order valence-electron chi connectivity index (χ3n) is 4.93. The maximum Gasteiger partial charge on any atom is 0.261 e. The Bertz CT molecular complexity index is 1340. The van der Waals surface area contributed by atoms with Crippen LogP contribution in [-0.2, 0) is 10.0 Å². The maximum atomic E-state index is 13.0. The maximum absolute atomic E-state index is 13.0. The van der Waals surface area contributed by atoms with E-state index in [0.29, 0.717) is 29.1 Å². The molecule has 1 amide bonds. The van der Waals surface area contributed by atoms with Crippen molar-refractivity contribution in [2.75, 3.05) is 16.7 Å². The first-order valence-corrected chi connectivity index (χ1v) is 13.0. The molecule has 0 aliphatic carbocycles. The van der Waals surface area contributed by atoms with E-state index in [4.69, 9.17) is 0 Å². The molecule has 9 nitrogen and oxygen atoms in total. The molecule has 0 aliphatic rings. The number of hydrogen-bond acceptors (Lipinski definition) is 7. The van der Waals surface area contributed by atoms with Crippen LogP contribution in [0, 0.1) is 0 Å². The molecule has 2 N–H and O–H groups in total. The van der Waals surface area contributed by atoms with Gasteiger partial charge < -0.3 is 5.32 Å². The summed E-state index contributed by atoms with van der Waals surface area (Å²) in [6.45, 7) is 0. The van der Waals surface area contributed by atoms with Crippen molar-refractivity contribution in [3.8, 4) is 0 Å². The number of fused-ring (bicyclic) bond motifs is 1. The summed E-state index contributed by atoms with van der Waals surface area (Å²) in [7, 11) is -3.78. The predicted molar refractivity (Wildman–Crippen MR) is 128 cm³/mol. The van der Waals surface area contributed by atoms with Crippen LogP contribution in [0.3, 0.4) is 0 Å². The number of rotatable bonds is 9. The van der Waals surface area contributed by atoms with Crippen molar-refractivity contribution in [2.24, 2.45) is 0 Å². The van der Waals surface area contributed by atoms with Gasteiger partial charge in [0.05, 0.1) is 16.6 Å². The summed E-state index contributed by atoms with van der Waals surface area (Å²) in [5.41, 5.74) is 1.46. The number of aromatic nitrogens is 4. The highest BCUT2D eigenvalue weighted by molar-refractivity contribution is 7.98. The number of nitrogens with one attached hydrogen (secondary N) is 2. The van der Waals surface area contributed by atoms with Gasteiger partial charge in [0, 0.05) is 24.2 Å². The Balaban J connectivity index is 1.51. The van der Waals surface area contributed by atoms with Crippen LogP contribution in [0.1, 0.15) is 28.6 Å². The largest absolute Gasteiger partial charge is 0.342 e. The van der Waals surface area contributed by atoms with E-state index in [9.17, 15) is 13.2 Å². The quantitative estimate of drug-likeness (QED) is 0.376. The number of anilines is 1. The zero-order valence-corrected chi connectivity index (χ0v) is 19.4. The van der Waals surface area contributed by atoms with Crippen molar-refractivity contribution in [3.05, 3.63) is 84.6 Å². The van der Waals surface area contributed by atoms with Crippen LogP contribution >= 0.6 is 11.8 Å². The number of pyridine rings is 2. The van der Waals surface area contributed by atoms with Crippen molar-refractivity contribution in [1.29, 1.82) is 0 Å². The van der Waals surface area contributed by atoms with Gasteiger partial charge in [-0.3, -0.25) is 18.9 Å². The Morgan fingerprint density at radius 3 is 2.55 bits per heavy atom. The number of carbonyl (C=O) groups is 1. The molecule has 33 heavy (non-hydrogen) atoms. The molecule has 3 aromatic heterocycles. The van der Waals surface area contributed by atoms with E-state index >= 15 is 0 Å². The number of hydrogen-bond donors (Lipinski definition) is 2. The average molecular weight is 483 g/mol. The average Bonchev–Trinajstić information content (AvgIpc) is 3.26. The van der Waals surface area contributed by atoms with Crippen molar-refractivity contribution in [2.45, 2.75) is 17.4 Å². The second-order valence-electron chi connectivity index (χ2n) is 7.16. The summed E-state index contributed by atoms with van der Waals surface area (Å²) < 4.78 is 29.6. The Hall–Kier alpha value is -3.44. The van der Waals surface area contributed by atoms with Gasteiger partial charge in [-0.25, -0.2) is 8.42 Å². The fourth-order valence-corrected chi connectivity index (χ4v) is 4.79. The fraction of sp³-hybridized carbons (Fsp3) is 0.182. The van der Waals surface area contributed by atoms with Crippen LogP contribution < -0.4 is 10.0 Å². The van der Waals surface area contributed by atoms with E-state index in [-0.39, 0.29) is 16.8 Å². The van der Waals surface area contributed by atoms with E-state index in [1.165, 1.54) is 36.7 Å². The minimum atomic E-state index is -3.78. The summed E-state index contributed by atoms with van der Waals surface area (Å²) in [6, 6.07) is 14.2. The third-order valence-corrected chi connectivity index (χ3v) is 6.97. The van der Waals surface area contributed by atoms with Gasteiger partial charge in [-0.1, -0.05) is 6.07 Å². The van der Waals surface area contributed by atoms with Crippen LogP contribution in [0.15, 0.2) is 78.1 Å². The molecule has 0 fully saturated rings. The molecule has 1 aromatic carbocycles. The number of amides is 1. The van der Waals surface area contributed by atoms with E-state index in [1.54, 1.807) is 23.9 Å². The fourth-order valence-electron chi connectivity index (χ4n) is 3.26. The van der Waals surface area contributed by atoms with Crippen LogP contribution in [-0.4, -0.2) is 45.9 Å². The van der Waals surface area contributed by atoms with Gasteiger partial charge in [0.25, 0.3) is 15.9 Å². The third kappa shape index (κ3) is 5.32. The lowest BCUT2D eigenvalue weighted by Crippen LogP contribution is -2.30. The Morgan fingerprint density at radius 1 is 1.06 bits per heavy atom. The van der Waals surface area contributed by atoms with E-state index in [2.05, 4.69) is 25.2 Å². The van der Waals surface area contributed by atoms with Crippen molar-refractivity contribution in [3.63, 3.8) is 0 Å². The molecule has 0 aliphatic heterocycles. The van der Waals surface area contributed by atoms with Crippen molar-refractivity contribution in [1.82, 2.24) is 24.9 Å². The normalized spacial score (nSPS) is 12.4. The number of sulfonamides is 1. The highest BCUT2D eigenvalue weighted by Gasteiger charge is 2.21. The second kappa shape index (κ2) is 10.0. The van der Waals surface area contributed by atoms with Gasteiger partial charge in [0.15, 0.2) is 11.5 Å². The molecule has 0 spiro atoms. The second-order valence-corrected chi connectivity index (χ2v) is 9.83. The zero-order valence-electron chi connectivity index (χ0n) is 17.7. The highest BCUT2D eigenvalue weighted by Crippen LogP contribution is 2.20. The first kappa shape index (κ1) is 22.7. The molecule has 1 atom stereocenters. The summed E-state index contributed by atoms with van der Waals surface area (Å²) in [5.74, 6) is 1.15. The van der Waals surface area contributed by atoms with Gasteiger partial charge in [-0.2, -0.15) is 11.8 Å². The lowest BCUT2D eigenvalue weighted by Gasteiger charge is -2.17. The Labute approximate surface area is 195 Å². The van der Waals surface area contributed by atoms with Crippen LogP contribution in [0.4, 0.5) is 5.69 Å². The monoisotopic (exact) mass is 482 g/mol. The van der Waals surface area contributed by atoms with Gasteiger partial charge >= 0.3 is 0 Å². The van der Waals surface area contributed by atoms with E-state index in [0.717, 1.165) is 5.75 Å². The highest BCUT2D eigenvalue weighted by atomic mass is 32.2. The summed E-state index contributed by atoms with van der Waals surface area (Å²) in [4.78, 5) is 16.9. The minimum Gasteiger partial charge on any atom is -0.342 e. The molecular formula is C22H22N6O3S2. The van der Waals surface area contributed by atoms with Gasteiger partial charge in [-0.05, 0) is 67.0 Å². The smallest absolute Gasteiger partial charge is 0.261 e. The molecule has 170 valence electrons. The molecule has 4 aromatic rings. The topological polar surface area (TPSA) is 118 Å². The first-order chi connectivity index (χ1) is 16.0. The number of carbonyl (C=O) groups excluding carboxylic acids is 1. The number of nitrogens with zero attached hydrogens (tertiary/aromatic N) is 4. The first-order valence-electron chi connectivity index (χ1n) is 10.1. The standard InChI is InChI=1S/C22H22N6O3S2/c1-32-15-11-19(21-26-25-20-4-2-3-14-28(20)21)24-22(29)16-5-7-18(8-6-16)33(30,31)27-17-9-12-23-13-10-17/h2-10,12-14,19H,11,15H2,1H3,(H,23,27)(H,24,29). The van der Waals surface area contributed by atoms with Crippen molar-refractivity contribution >= 4 is 39.0 Å². The molecule has 0 radical (unpaired) electrons. The molecular weight excluding hydrogens is 460 g/mol. The number of thioether (sulfide) groups is 1. The molecule has 0 saturated heterocycles. The summed E-state index contributed by atoms with van der Waals surface area (Å²) in [5, 5.41) is 11.5. The van der Waals surface area contributed by atoms with Crippen LogP contribution in [0.2, 0.25) is 0 Å². The summed E-state index contributed by atoms with van der Waals surface area (Å²) >= 11 is 1.67. The lowest BCUT2D eigenvalue weighted by molar-refractivity contribution is 0.0933. The Morgan fingerprint density at radius 2 is 1.82 bits per heavy atom. The van der Waals surface area contributed by atoms with Gasteiger partial charge in [-0.15, -0.1) is 10.2 Å².